The molecule has 0 radical (unpaired) electrons. The number of hydrogen-bond donors (Lipinski definition) is 0. The van der Waals surface area contributed by atoms with Crippen molar-refractivity contribution >= 4 is 0 Å². The van der Waals surface area contributed by atoms with E-state index in [1.165, 1.54) is 22.3 Å². The van der Waals surface area contributed by atoms with Gasteiger partial charge in [-0.15, -0.1) is 0 Å². The number of rotatable bonds is 1. The van der Waals surface area contributed by atoms with Crippen LogP contribution >= 0.6 is 0 Å². The summed E-state index contributed by atoms with van der Waals surface area (Å²) in [6, 6.07) is 10.7. The van der Waals surface area contributed by atoms with Crippen molar-refractivity contribution in [2.45, 2.75) is 27.7 Å². The van der Waals surface area contributed by atoms with Gasteiger partial charge in [0.1, 0.15) is 0 Å². The molecule has 1 heterocycles. The minimum atomic E-state index is 0.954. The molecule has 0 saturated carbocycles. The number of aryl methyl sites for hydroxylation is 4. The van der Waals surface area contributed by atoms with Gasteiger partial charge in [-0.2, -0.15) is 0 Å². The summed E-state index contributed by atoms with van der Waals surface area (Å²) in [5, 5.41) is 0. The molecule has 0 amide bonds. The summed E-state index contributed by atoms with van der Waals surface area (Å²) in [6.45, 7) is 8.24. The maximum atomic E-state index is 5.50. The van der Waals surface area contributed by atoms with E-state index in [-0.39, 0.29) is 0 Å². The molecule has 0 atom stereocenters. The summed E-state index contributed by atoms with van der Waals surface area (Å²) >= 11 is 0. The zero-order valence-corrected chi connectivity index (χ0v) is 10.3. The van der Waals surface area contributed by atoms with Crippen molar-refractivity contribution in [3.8, 4) is 11.1 Å². The molecule has 0 bridgehead atoms. The van der Waals surface area contributed by atoms with Gasteiger partial charge < -0.3 is 0 Å². The monoisotopic (exact) mass is 213 g/mol. The van der Waals surface area contributed by atoms with Crippen LogP contribution < -0.4 is 0 Å². The third kappa shape index (κ3) is 2.13. The predicted molar refractivity (Wildman–Crippen MR) is 67.5 cm³/mol. The van der Waals surface area contributed by atoms with Crippen LogP contribution in [0.25, 0.3) is 11.1 Å². The van der Waals surface area contributed by atoms with Crippen LogP contribution in [0.1, 0.15) is 22.6 Å². The molecule has 0 fully saturated rings. The van der Waals surface area contributed by atoms with Crippen molar-refractivity contribution in [1.29, 1.82) is 0 Å². The van der Waals surface area contributed by atoms with Crippen LogP contribution in [0.4, 0.5) is 0 Å². The molecular weight excluding hydrogens is 196 g/mol. The fourth-order valence-electron chi connectivity index (χ4n) is 2.09. The first kappa shape index (κ1) is 10.9. The summed E-state index contributed by atoms with van der Waals surface area (Å²) in [6.07, 6.45) is 0. The van der Waals surface area contributed by atoms with Crippen LogP contribution in [0.3, 0.4) is 0 Å². The van der Waals surface area contributed by atoms with Crippen LogP contribution in [0.2, 0.25) is 0 Å². The molecule has 0 N–H and O–H groups in total. The Labute approximate surface area is 96.8 Å². The maximum absolute atomic E-state index is 5.50. The molecule has 1 nitrogen and oxygen atoms in total. The summed E-state index contributed by atoms with van der Waals surface area (Å²) in [5.41, 5.74) is 5.13. The number of hydrogen-bond acceptors (Lipinski definition) is 0. The van der Waals surface area contributed by atoms with Gasteiger partial charge >= 0.3 is 11.5 Å². The van der Waals surface area contributed by atoms with Crippen molar-refractivity contribution in [1.82, 2.24) is 0 Å². The molecule has 1 heteroatoms. The lowest BCUT2D eigenvalue weighted by atomic mass is 9.99. The summed E-state index contributed by atoms with van der Waals surface area (Å²) in [5.74, 6) is 1.91. The van der Waals surface area contributed by atoms with Crippen LogP contribution in [-0.2, 0) is 0 Å². The summed E-state index contributed by atoms with van der Waals surface area (Å²) < 4.78 is 5.50. The highest BCUT2D eigenvalue weighted by molar-refractivity contribution is 5.67. The Morgan fingerprint density at radius 1 is 0.812 bits per heavy atom. The average Bonchev–Trinajstić information content (AvgIpc) is 2.15. The third-order valence-electron chi connectivity index (χ3n) is 2.73. The predicted octanol–water partition coefficient (Wildman–Crippen LogP) is 4.46. The molecule has 2 rings (SSSR count). The van der Waals surface area contributed by atoms with E-state index in [4.69, 9.17) is 4.42 Å². The molecular formula is C15H17O+. The lowest BCUT2D eigenvalue weighted by Crippen LogP contribution is -1.87. The Bertz CT molecular complexity index is 507. The van der Waals surface area contributed by atoms with E-state index in [2.05, 4.69) is 44.2 Å². The molecule has 2 aromatic rings. The zero-order chi connectivity index (χ0) is 11.7. The fourth-order valence-corrected chi connectivity index (χ4v) is 2.09. The van der Waals surface area contributed by atoms with Gasteiger partial charge in [-0.3, -0.25) is 0 Å². The molecule has 1 aromatic carbocycles. The van der Waals surface area contributed by atoms with E-state index < -0.39 is 0 Å². The van der Waals surface area contributed by atoms with Gasteiger partial charge in [0.25, 0.3) is 0 Å². The lowest BCUT2D eigenvalue weighted by molar-refractivity contribution is 0.487. The fraction of sp³-hybridized carbons (Fsp3) is 0.267. The molecule has 0 saturated heterocycles. The first-order valence-corrected chi connectivity index (χ1v) is 5.55. The summed E-state index contributed by atoms with van der Waals surface area (Å²) in [4.78, 5) is 0. The van der Waals surface area contributed by atoms with Gasteiger partial charge in [0.15, 0.2) is 0 Å². The van der Waals surface area contributed by atoms with Gasteiger partial charge in [0, 0.05) is 12.1 Å². The minimum absolute atomic E-state index is 0.954. The van der Waals surface area contributed by atoms with Gasteiger partial charge in [0.05, 0.1) is 13.8 Å². The van der Waals surface area contributed by atoms with Gasteiger partial charge in [-0.05, 0) is 30.5 Å². The van der Waals surface area contributed by atoms with E-state index in [1.807, 2.05) is 13.8 Å². The first-order chi connectivity index (χ1) is 7.56. The molecule has 82 valence electrons. The second-order valence-corrected chi connectivity index (χ2v) is 4.39. The smallest absolute Gasteiger partial charge is 0.218 e. The Balaban J connectivity index is 2.58. The Kier molecular flexibility index (Phi) is 2.78. The quantitative estimate of drug-likeness (QED) is 0.636. The zero-order valence-electron chi connectivity index (χ0n) is 10.3. The van der Waals surface area contributed by atoms with Crippen molar-refractivity contribution in [3.63, 3.8) is 0 Å². The van der Waals surface area contributed by atoms with E-state index in [0.717, 1.165) is 11.5 Å². The van der Waals surface area contributed by atoms with Crippen molar-refractivity contribution < 1.29 is 4.42 Å². The largest absolute Gasteiger partial charge is 0.327 e. The van der Waals surface area contributed by atoms with E-state index in [9.17, 15) is 0 Å². The summed E-state index contributed by atoms with van der Waals surface area (Å²) in [7, 11) is 0. The second-order valence-electron chi connectivity index (χ2n) is 4.39. The van der Waals surface area contributed by atoms with E-state index >= 15 is 0 Å². The van der Waals surface area contributed by atoms with Crippen LogP contribution in [0.5, 0.6) is 0 Å². The van der Waals surface area contributed by atoms with E-state index in [0.29, 0.717) is 0 Å². The Hall–Kier alpha value is -1.63. The van der Waals surface area contributed by atoms with Crippen LogP contribution in [0, 0.1) is 27.7 Å². The number of benzene rings is 1. The Morgan fingerprint density at radius 3 is 2.00 bits per heavy atom. The third-order valence-corrected chi connectivity index (χ3v) is 2.73. The van der Waals surface area contributed by atoms with E-state index in [1.54, 1.807) is 0 Å². The molecule has 1 aromatic heterocycles. The second kappa shape index (κ2) is 4.09. The Morgan fingerprint density at radius 2 is 1.44 bits per heavy atom. The van der Waals surface area contributed by atoms with Crippen molar-refractivity contribution in [2.24, 2.45) is 0 Å². The van der Waals surface area contributed by atoms with Crippen molar-refractivity contribution in [2.75, 3.05) is 0 Å². The molecule has 0 aliphatic heterocycles. The minimum Gasteiger partial charge on any atom is -0.218 e. The average molecular weight is 213 g/mol. The molecule has 0 aliphatic rings. The van der Waals surface area contributed by atoms with Crippen molar-refractivity contribution in [3.05, 3.63) is 53.0 Å². The van der Waals surface area contributed by atoms with Gasteiger partial charge in [-0.25, -0.2) is 4.42 Å². The highest BCUT2D eigenvalue weighted by Gasteiger charge is 2.10. The topological polar surface area (TPSA) is 11.3 Å². The van der Waals surface area contributed by atoms with Crippen LogP contribution in [0.15, 0.2) is 34.7 Å². The standard InChI is InChI=1S/C15H17O/c1-10-5-6-15(11(2)7-10)14-8-12(3)16-13(4)9-14/h5-9H,1-4H3/q+1. The lowest BCUT2D eigenvalue weighted by Gasteiger charge is -2.05. The maximum Gasteiger partial charge on any atom is 0.327 e. The molecule has 16 heavy (non-hydrogen) atoms. The van der Waals surface area contributed by atoms with Gasteiger partial charge in [0.2, 0.25) is 0 Å². The molecule has 0 aliphatic carbocycles. The normalized spacial score (nSPS) is 10.5. The first-order valence-electron chi connectivity index (χ1n) is 5.55. The van der Waals surface area contributed by atoms with Gasteiger partial charge in [-0.1, -0.05) is 23.8 Å². The van der Waals surface area contributed by atoms with Crippen LogP contribution in [-0.4, -0.2) is 0 Å². The molecule has 0 spiro atoms. The SMILES string of the molecule is Cc1ccc(-c2cc(C)[o+]c(C)c2)c(C)c1. The highest BCUT2D eigenvalue weighted by atomic mass is 16.3. The molecule has 0 unspecified atom stereocenters. The highest BCUT2D eigenvalue weighted by Crippen LogP contribution is 2.26.